The smallest absolute Gasteiger partial charge is 0.126 e. The summed E-state index contributed by atoms with van der Waals surface area (Å²) in [5.41, 5.74) is 0.735. The number of hydrogen-bond donors (Lipinski definition) is 0. The topological polar surface area (TPSA) is 49.4 Å². The predicted octanol–water partition coefficient (Wildman–Crippen LogP) is 0.848. The molecule has 0 radical (unpaired) electrons. The summed E-state index contributed by atoms with van der Waals surface area (Å²) in [5, 5.41) is 10.2. The molecule has 0 aliphatic carbocycles. The lowest BCUT2D eigenvalue weighted by Crippen LogP contribution is -2.18. The van der Waals surface area contributed by atoms with Gasteiger partial charge in [-0.15, -0.1) is 0 Å². The van der Waals surface area contributed by atoms with Gasteiger partial charge >= 0.3 is 0 Å². The highest BCUT2D eigenvalue weighted by Crippen LogP contribution is 2.18. The molecule has 0 aromatic heterocycles. The molecule has 0 amide bonds. The molecule has 74 valence electrons. The fraction of sp³-hybridized carbons (Fsp3) is 0.182. The largest absolute Gasteiger partial charge is 0.545 e. The van der Waals surface area contributed by atoms with Crippen molar-refractivity contribution in [3.8, 4) is 5.75 Å². The molecular formula is C11H11O3-. The van der Waals surface area contributed by atoms with Crippen LogP contribution in [0.15, 0.2) is 30.3 Å². The van der Waals surface area contributed by atoms with Crippen molar-refractivity contribution in [1.29, 1.82) is 0 Å². The molecule has 1 rings (SSSR count). The molecule has 0 atom stereocenters. The van der Waals surface area contributed by atoms with Crippen molar-refractivity contribution in [3.05, 3.63) is 35.9 Å². The third-order valence-electron chi connectivity index (χ3n) is 1.62. The Morgan fingerprint density at radius 3 is 2.86 bits per heavy atom. The van der Waals surface area contributed by atoms with Crippen molar-refractivity contribution in [2.24, 2.45) is 0 Å². The molecule has 1 aromatic rings. The normalized spacial score (nSPS) is 10.4. The van der Waals surface area contributed by atoms with E-state index < -0.39 is 5.97 Å². The average Bonchev–Trinajstić information content (AvgIpc) is 2.17. The van der Waals surface area contributed by atoms with E-state index in [1.54, 1.807) is 12.1 Å². The zero-order valence-electron chi connectivity index (χ0n) is 7.90. The number of aliphatic carboxylic acids is 1. The van der Waals surface area contributed by atoms with E-state index in [-0.39, 0.29) is 0 Å². The second kappa shape index (κ2) is 5.07. The summed E-state index contributed by atoms with van der Waals surface area (Å²) in [6, 6.07) is 7.22. The highest BCUT2D eigenvalue weighted by atomic mass is 16.5. The van der Waals surface area contributed by atoms with E-state index >= 15 is 0 Å². The maximum atomic E-state index is 10.2. The Balaban J connectivity index is 2.89. The summed E-state index contributed by atoms with van der Waals surface area (Å²) in [4.78, 5) is 10.2. The van der Waals surface area contributed by atoms with Crippen LogP contribution in [0.2, 0.25) is 0 Å². The van der Waals surface area contributed by atoms with Gasteiger partial charge in [-0.2, -0.15) is 0 Å². The monoisotopic (exact) mass is 191 g/mol. The highest BCUT2D eigenvalue weighted by molar-refractivity contribution is 5.84. The Hall–Kier alpha value is -1.77. The lowest BCUT2D eigenvalue weighted by atomic mass is 10.2. The van der Waals surface area contributed by atoms with Gasteiger partial charge in [-0.1, -0.05) is 18.2 Å². The van der Waals surface area contributed by atoms with Gasteiger partial charge in [0, 0.05) is 5.56 Å². The van der Waals surface area contributed by atoms with Crippen molar-refractivity contribution in [3.63, 3.8) is 0 Å². The number of hydrogen-bond acceptors (Lipinski definition) is 3. The van der Waals surface area contributed by atoms with Crippen molar-refractivity contribution in [2.75, 3.05) is 6.61 Å². The molecule has 0 aliphatic heterocycles. The van der Waals surface area contributed by atoms with Crippen LogP contribution in [0.4, 0.5) is 0 Å². The number of carbonyl (C=O) groups excluding carboxylic acids is 1. The van der Waals surface area contributed by atoms with Crippen LogP contribution in [0, 0.1) is 0 Å². The first-order valence-electron chi connectivity index (χ1n) is 4.35. The lowest BCUT2D eigenvalue weighted by Gasteiger charge is -2.06. The van der Waals surface area contributed by atoms with Gasteiger partial charge in [-0.05, 0) is 25.1 Å². The molecule has 0 unspecified atom stereocenters. The van der Waals surface area contributed by atoms with Gasteiger partial charge in [0.15, 0.2) is 0 Å². The summed E-state index contributed by atoms with van der Waals surface area (Å²) in [6.45, 7) is 2.43. The molecule has 0 saturated heterocycles. The van der Waals surface area contributed by atoms with Crippen LogP contribution in [0.25, 0.3) is 6.08 Å². The number of carbonyl (C=O) groups is 1. The molecule has 0 N–H and O–H groups in total. The fourth-order valence-corrected chi connectivity index (χ4v) is 1.06. The zero-order chi connectivity index (χ0) is 10.4. The van der Waals surface area contributed by atoms with Gasteiger partial charge in [0.05, 0.1) is 12.6 Å². The second-order valence-corrected chi connectivity index (χ2v) is 2.62. The van der Waals surface area contributed by atoms with Crippen LogP contribution in [0.3, 0.4) is 0 Å². The van der Waals surface area contributed by atoms with Crippen LogP contribution in [0.5, 0.6) is 5.75 Å². The van der Waals surface area contributed by atoms with Crippen LogP contribution in [-0.4, -0.2) is 12.6 Å². The van der Waals surface area contributed by atoms with Crippen molar-refractivity contribution < 1.29 is 14.6 Å². The van der Waals surface area contributed by atoms with Crippen LogP contribution >= 0.6 is 0 Å². The quantitative estimate of drug-likeness (QED) is 0.663. The van der Waals surface area contributed by atoms with E-state index in [1.165, 1.54) is 6.08 Å². The van der Waals surface area contributed by atoms with E-state index in [4.69, 9.17) is 4.74 Å². The number of ether oxygens (including phenoxy) is 1. The van der Waals surface area contributed by atoms with Crippen LogP contribution < -0.4 is 9.84 Å². The van der Waals surface area contributed by atoms with Gasteiger partial charge < -0.3 is 14.6 Å². The first kappa shape index (κ1) is 10.3. The molecular weight excluding hydrogens is 180 g/mol. The van der Waals surface area contributed by atoms with E-state index in [9.17, 15) is 9.90 Å². The number of benzene rings is 1. The van der Waals surface area contributed by atoms with E-state index in [1.807, 2.05) is 19.1 Å². The SMILES string of the molecule is CCOc1ccccc1C=CC(=O)[O-]. The summed E-state index contributed by atoms with van der Waals surface area (Å²) >= 11 is 0. The van der Waals surface area contributed by atoms with E-state index in [0.29, 0.717) is 12.4 Å². The Labute approximate surface area is 82.6 Å². The first-order chi connectivity index (χ1) is 6.74. The van der Waals surface area contributed by atoms with Crippen LogP contribution in [-0.2, 0) is 4.79 Å². The standard InChI is InChI=1S/C11H12O3/c1-2-14-10-6-4-3-5-9(10)7-8-11(12)13/h3-8H,2H2,1H3,(H,12,13)/p-1. The molecule has 0 fully saturated rings. The Kier molecular flexibility index (Phi) is 3.73. The molecule has 3 heteroatoms. The highest BCUT2D eigenvalue weighted by Gasteiger charge is 1.96. The summed E-state index contributed by atoms with van der Waals surface area (Å²) in [5.74, 6) is -0.538. The van der Waals surface area contributed by atoms with Gasteiger partial charge in [-0.3, -0.25) is 0 Å². The van der Waals surface area contributed by atoms with Gasteiger partial charge in [0.1, 0.15) is 5.75 Å². The number of para-hydroxylation sites is 1. The van der Waals surface area contributed by atoms with Crippen LogP contribution in [0.1, 0.15) is 12.5 Å². The van der Waals surface area contributed by atoms with E-state index in [0.717, 1.165) is 11.6 Å². The maximum Gasteiger partial charge on any atom is 0.126 e. The number of carboxylic acid groups (broad SMARTS) is 1. The summed E-state index contributed by atoms with van der Waals surface area (Å²) in [7, 11) is 0. The van der Waals surface area contributed by atoms with Gasteiger partial charge in [0.25, 0.3) is 0 Å². The van der Waals surface area contributed by atoms with Gasteiger partial charge in [0.2, 0.25) is 0 Å². The molecule has 1 aromatic carbocycles. The van der Waals surface area contributed by atoms with Crippen molar-refractivity contribution in [1.82, 2.24) is 0 Å². The summed E-state index contributed by atoms with van der Waals surface area (Å²) < 4.78 is 5.30. The Bertz CT molecular complexity index is 342. The summed E-state index contributed by atoms with van der Waals surface area (Å²) in [6.07, 6.45) is 2.44. The molecule has 0 spiro atoms. The minimum Gasteiger partial charge on any atom is -0.545 e. The molecule has 0 aliphatic rings. The number of rotatable bonds is 4. The third-order valence-corrected chi connectivity index (χ3v) is 1.62. The Morgan fingerprint density at radius 2 is 2.21 bits per heavy atom. The average molecular weight is 191 g/mol. The number of carboxylic acids is 1. The van der Waals surface area contributed by atoms with Crippen molar-refractivity contribution >= 4 is 12.0 Å². The molecule has 0 heterocycles. The maximum absolute atomic E-state index is 10.2. The molecule has 3 nitrogen and oxygen atoms in total. The van der Waals surface area contributed by atoms with E-state index in [2.05, 4.69) is 0 Å². The lowest BCUT2D eigenvalue weighted by molar-refractivity contribution is -0.297. The molecule has 0 saturated carbocycles. The predicted molar refractivity (Wildman–Crippen MR) is 51.7 cm³/mol. The zero-order valence-corrected chi connectivity index (χ0v) is 7.90. The second-order valence-electron chi connectivity index (χ2n) is 2.62. The van der Waals surface area contributed by atoms with Gasteiger partial charge in [-0.25, -0.2) is 0 Å². The fourth-order valence-electron chi connectivity index (χ4n) is 1.06. The minimum atomic E-state index is -1.21. The Morgan fingerprint density at radius 1 is 1.50 bits per heavy atom. The third kappa shape index (κ3) is 2.94. The molecule has 0 bridgehead atoms. The first-order valence-corrected chi connectivity index (χ1v) is 4.35. The van der Waals surface area contributed by atoms with Crippen molar-refractivity contribution in [2.45, 2.75) is 6.92 Å². The minimum absolute atomic E-state index is 0.552. The molecule has 14 heavy (non-hydrogen) atoms.